The van der Waals surface area contributed by atoms with Gasteiger partial charge in [-0.25, -0.2) is 0 Å². The Morgan fingerprint density at radius 3 is 2.19 bits per heavy atom. The summed E-state index contributed by atoms with van der Waals surface area (Å²) in [4.78, 5) is 12.5. The van der Waals surface area contributed by atoms with Gasteiger partial charge in [-0.1, -0.05) is 69.7 Å². The Hall–Kier alpha value is -2.40. The molecular formula is C21H27N3OS. The van der Waals surface area contributed by atoms with E-state index in [1.54, 1.807) is 0 Å². The number of carbonyl (C=O) groups excluding carboxylic acids is 1. The molecule has 0 fully saturated rings. The van der Waals surface area contributed by atoms with E-state index in [1.165, 1.54) is 5.56 Å². The lowest BCUT2D eigenvalue weighted by atomic mass is 9.94. The summed E-state index contributed by atoms with van der Waals surface area (Å²) in [6.07, 6.45) is 1.71. The number of amides is 1. The third kappa shape index (κ3) is 5.85. The van der Waals surface area contributed by atoms with Crippen molar-refractivity contribution in [2.75, 3.05) is 5.32 Å². The lowest BCUT2D eigenvalue weighted by Crippen LogP contribution is -2.45. The molecule has 3 N–H and O–H groups in total. The molecule has 5 heteroatoms. The van der Waals surface area contributed by atoms with E-state index < -0.39 is 0 Å². The first-order valence-electron chi connectivity index (χ1n) is 9.03. The maximum absolute atomic E-state index is 12.5. The molecule has 26 heavy (non-hydrogen) atoms. The molecule has 0 aromatic heterocycles. The number of nitrogens with one attached hydrogen (secondary N) is 3. The average Bonchev–Trinajstić information content (AvgIpc) is 2.65. The Morgan fingerprint density at radius 2 is 1.62 bits per heavy atom. The molecule has 0 aliphatic rings. The Labute approximate surface area is 161 Å². The van der Waals surface area contributed by atoms with Crippen LogP contribution in [0.3, 0.4) is 0 Å². The highest BCUT2D eigenvalue weighted by Crippen LogP contribution is 2.21. The number of benzene rings is 2. The van der Waals surface area contributed by atoms with Crippen molar-refractivity contribution in [3.05, 3.63) is 65.7 Å². The third-order valence-electron chi connectivity index (χ3n) is 4.23. The molecule has 0 radical (unpaired) electrons. The number of hydrogen-bond acceptors (Lipinski definition) is 2. The van der Waals surface area contributed by atoms with E-state index in [4.69, 9.17) is 12.2 Å². The smallest absolute Gasteiger partial charge is 0.245 e. The van der Waals surface area contributed by atoms with Crippen molar-refractivity contribution >= 4 is 28.9 Å². The minimum absolute atomic E-state index is 0.0858. The van der Waals surface area contributed by atoms with Crippen LogP contribution in [0.2, 0.25) is 0 Å². The van der Waals surface area contributed by atoms with Gasteiger partial charge in [0.1, 0.15) is 0 Å². The van der Waals surface area contributed by atoms with Crippen molar-refractivity contribution in [3.63, 3.8) is 0 Å². The van der Waals surface area contributed by atoms with Crippen LogP contribution in [0.25, 0.3) is 0 Å². The first kappa shape index (κ1) is 19.9. The molecule has 1 amide bonds. The minimum atomic E-state index is -0.193. The zero-order valence-corrected chi connectivity index (χ0v) is 16.4. The fourth-order valence-electron chi connectivity index (χ4n) is 2.74. The summed E-state index contributed by atoms with van der Waals surface area (Å²) in [6.45, 7) is 6.39. The normalized spacial score (nSPS) is 11.7. The molecule has 0 aliphatic heterocycles. The summed E-state index contributed by atoms with van der Waals surface area (Å²) in [6, 6.07) is 17.9. The highest BCUT2D eigenvalue weighted by atomic mass is 32.1. The van der Waals surface area contributed by atoms with E-state index in [2.05, 4.69) is 49.1 Å². The molecule has 0 spiro atoms. The van der Waals surface area contributed by atoms with Crippen molar-refractivity contribution < 1.29 is 4.79 Å². The molecule has 0 aliphatic carbocycles. The lowest BCUT2D eigenvalue weighted by Gasteiger charge is -2.18. The highest BCUT2D eigenvalue weighted by Gasteiger charge is 2.19. The van der Waals surface area contributed by atoms with Crippen LogP contribution in [0.15, 0.2) is 54.6 Å². The van der Waals surface area contributed by atoms with E-state index in [0.29, 0.717) is 11.0 Å². The van der Waals surface area contributed by atoms with Crippen molar-refractivity contribution in [2.45, 2.75) is 45.4 Å². The molecular weight excluding hydrogens is 342 g/mol. The van der Waals surface area contributed by atoms with E-state index >= 15 is 0 Å². The summed E-state index contributed by atoms with van der Waals surface area (Å²) in [5.41, 5.74) is 8.69. The third-order valence-corrected chi connectivity index (χ3v) is 4.43. The largest absolute Gasteiger partial charge is 0.331 e. The second-order valence-electron chi connectivity index (χ2n) is 6.60. The Morgan fingerprint density at radius 1 is 0.962 bits per heavy atom. The maximum Gasteiger partial charge on any atom is 0.245 e. The van der Waals surface area contributed by atoms with Crippen LogP contribution in [-0.2, 0) is 4.79 Å². The number of carbonyl (C=O) groups is 1. The highest BCUT2D eigenvalue weighted by molar-refractivity contribution is 7.80. The minimum Gasteiger partial charge on any atom is -0.331 e. The number of anilines is 1. The number of hydrazine groups is 1. The molecule has 2 rings (SSSR count). The van der Waals surface area contributed by atoms with Crippen LogP contribution in [-0.4, -0.2) is 11.0 Å². The second kappa shape index (κ2) is 9.92. The predicted octanol–water partition coefficient (Wildman–Crippen LogP) is 4.71. The van der Waals surface area contributed by atoms with Gasteiger partial charge in [0.05, 0.1) is 5.92 Å². The summed E-state index contributed by atoms with van der Waals surface area (Å²) < 4.78 is 0. The SMILES string of the molecule is CCC[C@@H](C(=O)NNC(=S)Nc1ccc(C(C)C)cc1)c1ccccc1. The molecule has 0 saturated heterocycles. The molecule has 0 unspecified atom stereocenters. The number of hydrogen-bond donors (Lipinski definition) is 3. The number of thiocarbonyl (C=S) groups is 1. The molecule has 4 nitrogen and oxygen atoms in total. The first-order valence-corrected chi connectivity index (χ1v) is 9.43. The van der Waals surface area contributed by atoms with E-state index in [-0.39, 0.29) is 11.8 Å². The van der Waals surface area contributed by atoms with Crippen molar-refractivity contribution in [3.8, 4) is 0 Å². The van der Waals surface area contributed by atoms with Crippen LogP contribution in [0.5, 0.6) is 0 Å². The molecule has 0 saturated carbocycles. The van der Waals surface area contributed by atoms with Gasteiger partial charge in [-0.15, -0.1) is 0 Å². The zero-order chi connectivity index (χ0) is 18.9. The monoisotopic (exact) mass is 369 g/mol. The van der Waals surface area contributed by atoms with E-state index in [9.17, 15) is 4.79 Å². The summed E-state index contributed by atoms with van der Waals surface area (Å²) >= 11 is 5.27. The lowest BCUT2D eigenvalue weighted by molar-refractivity contribution is -0.123. The van der Waals surface area contributed by atoms with Gasteiger partial charge in [0.2, 0.25) is 5.91 Å². The summed E-state index contributed by atoms with van der Waals surface area (Å²) in [5, 5.41) is 3.44. The van der Waals surface area contributed by atoms with Crippen LogP contribution in [0, 0.1) is 0 Å². The van der Waals surface area contributed by atoms with Gasteiger partial charge in [-0.3, -0.25) is 15.6 Å². The molecule has 0 heterocycles. The maximum atomic E-state index is 12.5. The van der Waals surface area contributed by atoms with Gasteiger partial charge in [0, 0.05) is 5.69 Å². The quantitative estimate of drug-likeness (QED) is 0.510. The summed E-state index contributed by atoms with van der Waals surface area (Å²) in [7, 11) is 0. The fourth-order valence-corrected chi connectivity index (χ4v) is 2.91. The first-order chi connectivity index (χ1) is 12.5. The fraction of sp³-hybridized carbons (Fsp3) is 0.333. The van der Waals surface area contributed by atoms with Crippen LogP contribution in [0.1, 0.15) is 56.6 Å². The Bertz CT molecular complexity index is 714. The Kier molecular flexibility index (Phi) is 7.60. The number of rotatable bonds is 6. The van der Waals surface area contributed by atoms with Gasteiger partial charge in [-0.05, 0) is 47.8 Å². The van der Waals surface area contributed by atoms with Gasteiger partial charge >= 0.3 is 0 Å². The molecule has 138 valence electrons. The van der Waals surface area contributed by atoms with Gasteiger partial charge < -0.3 is 5.32 Å². The van der Waals surface area contributed by atoms with E-state index in [1.807, 2.05) is 42.5 Å². The van der Waals surface area contributed by atoms with Gasteiger partial charge in [-0.2, -0.15) is 0 Å². The predicted molar refractivity (Wildman–Crippen MR) is 112 cm³/mol. The van der Waals surface area contributed by atoms with Crippen molar-refractivity contribution in [1.82, 2.24) is 10.9 Å². The topological polar surface area (TPSA) is 53.2 Å². The van der Waals surface area contributed by atoms with Crippen LogP contribution in [0.4, 0.5) is 5.69 Å². The van der Waals surface area contributed by atoms with Gasteiger partial charge in [0.25, 0.3) is 0 Å². The molecule has 0 bridgehead atoms. The van der Waals surface area contributed by atoms with Crippen molar-refractivity contribution in [1.29, 1.82) is 0 Å². The van der Waals surface area contributed by atoms with E-state index in [0.717, 1.165) is 24.1 Å². The molecule has 2 aromatic carbocycles. The van der Waals surface area contributed by atoms with Crippen LogP contribution >= 0.6 is 12.2 Å². The Balaban J connectivity index is 1.89. The second-order valence-corrected chi connectivity index (χ2v) is 7.01. The molecule has 1 atom stereocenters. The average molecular weight is 370 g/mol. The van der Waals surface area contributed by atoms with Crippen LogP contribution < -0.4 is 16.2 Å². The van der Waals surface area contributed by atoms with Gasteiger partial charge in [0.15, 0.2) is 5.11 Å². The summed E-state index contributed by atoms with van der Waals surface area (Å²) in [5.74, 6) is 0.209. The standard InChI is InChI=1S/C21H27N3OS/c1-4-8-19(17-9-6-5-7-10-17)20(25)23-24-21(26)22-18-13-11-16(12-14-18)15(2)3/h5-7,9-15,19H,4,8H2,1-3H3,(H,23,25)(H2,22,24,26)/t19-/m1/s1. The van der Waals surface area contributed by atoms with Crippen molar-refractivity contribution in [2.24, 2.45) is 0 Å². The zero-order valence-electron chi connectivity index (χ0n) is 15.6. The molecule has 2 aromatic rings.